The molecule has 0 fully saturated rings. The normalized spacial score (nSPS) is 14.3. The van der Waals surface area contributed by atoms with Crippen LogP contribution in [0.15, 0.2) is 24.3 Å². The Morgan fingerprint density at radius 2 is 1.95 bits per heavy atom. The fourth-order valence-corrected chi connectivity index (χ4v) is 1.79. The molecule has 106 valence electrons. The number of aromatic hydroxyl groups is 1. The van der Waals surface area contributed by atoms with Crippen LogP contribution in [0.25, 0.3) is 0 Å². The lowest BCUT2D eigenvalue weighted by Crippen LogP contribution is -2.54. The van der Waals surface area contributed by atoms with Crippen LogP contribution in [0.3, 0.4) is 0 Å². The molecule has 0 aliphatic carbocycles. The number of phenolic OH excluding ortho intramolecular Hbond substituents is 1. The highest BCUT2D eigenvalue weighted by atomic mass is 16.3. The second kappa shape index (κ2) is 6.57. The van der Waals surface area contributed by atoms with Gasteiger partial charge in [0, 0.05) is 0 Å². The van der Waals surface area contributed by atoms with Crippen LogP contribution in [0.1, 0.15) is 32.8 Å². The summed E-state index contributed by atoms with van der Waals surface area (Å²) in [7, 11) is 0. The van der Waals surface area contributed by atoms with Crippen molar-refractivity contribution in [2.45, 2.75) is 39.2 Å². The lowest BCUT2D eigenvalue weighted by molar-refractivity contribution is -0.124. The van der Waals surface area contributed by atoms with Crippen LogP contribution in [0.2, 0.25) is 0 Å². The quantitative estimate of drug-likeness (QED) is 0.703. The molecule has 1 atom stereocenters. The number of aryl methyl sites for hydroxylation is 1. The van der Waals surface area contributed by atoms with E-state index >= 15 is 0 Å². The first-order valence-corrected chi connectivity index (χ1v) is 6.66. The number of primary amides is 1. The number of hydrogen-bond donors (Lipinski definition) is 3. The summed E-state index contributed by atoms with van der Waals surface area (Å²) in [6.45, 7) is 6.79. The first-order chi connectivity index (χ1) is 8.83. The molecule has 0 heterocycles. The maximum atomic E-state index is 11.6. The van der Waals surface area contributed by atoms with Gasteiger partial charge in [-0.3, -0.25) is 4.79 Å². The highest BCUT2D eigenvalue weighted by molar-refractivity contribution is 5.84. The molecule has 1 aromatic carbocycles. The van der Waals surface area contributed by atoms with E-state index in [4.69, 9.17) is 5.73 Å². The molecule has 0 aliphatic rings. The first kappa shape index (κ1) is 15.5. The summed E-state index contributed by atoms with van der Waals surface area (Å²) in [5, 5.41) is 12.5. The van der Waals surface area contributed by atoms with Gasteiger partial charge in [-0.2, -0.15) is 0 Å². The van der Waals surface area contributed by atoms with Gasteiger partial charge in [0.15, 0.2) is 0 Å². The van der Waals surface area contributed by atoms with Crippen molar-refractivity contribution in [1.29, 1.82) is 0 Å². The van der Waals surface area contributed by atoms with Crippen LogP contribution in [0.4, 0.5) is 0 Å². The number of carbonyl (C=O) groups excluding carboxylic acids is 1. The third-order valence-electron chi connectivity index (χ3n) is 3.29. The first-order valence-electron chi connectivity index (χ1n) is 6.66. The van der Waals surface area contributed by atoms with Gasteiger partial charge in [0.1, 0.15) is 5.75 Å². The van der Waals surface area contributed by atoms with Gasteiger partial charge in [-0.15, -0.1) is 0 Å². The van der Waals surface area contributed by atoms with Crippen molar-refractivity contribution in [1.82, 2.24) is 5.32 Å². The predicted octanol–water partition coefficient (Wildman–Crippen LogP) is 1.81. The standard InChI is InChI=1S/C15H24N2O2/c1-11(2)10-17-15(3,14(16)19)9-8-12-4-6-13(18)7-5-12/h4-7,11,17-18H,8-10H2,1-3H3,(H2,16,19). The van der Waals surface area contributed by atoms with Crippen molar-refractivity contribution in [2.75, 3.05) is 6.54 Å². The minimum atomic E-state index is -0.692. The van der Waals surface area contributed by atoms with E-state index in [-0.39, 0.29) is 11.7 Å². The van der Waals surface area contributed by atoms with Gasteiger partial charge >= 0.3 is 0 Å². The van der Waals surface area contributed by atoms with Crippen LogP contribution in [0, 0.1) is 5.92 Å². The van der Waals surface area contributed by atoms with Crippen LogP contribution in [-0.4, -0.2) is 23.1 Å². The Bertz CT molecular complexity index is 415. The second-order valence-corrected chi connectivity index (χ2v) is 5.64. The van der Waals surface area contributed by atoms with E-state index in [2.05, 4.69) is 19.2 Å². The maximum absolute atomic E-state index is 11.6. The second-order valence-electron chi connectivity index (χ2n) is 5.64. The Labute approximate surface area is 115 Å². The fraction of sp³-hybridized carbons (Fsp3) is 0.533. The van der Waals surface area contributed by atoms with Crippen LogP contribution in [0.5, 0.6) is 5.75 Å². The Morgan fingerprint density at radius 1 is 1.37 bits per heavy atom. The topological polar surface area (TPSA) is 75.3 Å². The van der Waals surface area contributed by atoms with Gasteiger partial charge < -0.3 is 16.2 Å². The van der Waals surface area contributed by atoms with E-state index < -0.39 is 5.54 Å². The number of nitrogens with one attached hydrogen (secondary N) is 1. The molecule has 1 rings (SSSR count). The zero-order valence-electron chi connectivity index (χ0n) is 11.9. The van der Waals surface area contributed by atoms with Gasteiger partial charge in [0.2, 0.25) is 5.91 Å². The van der Waals surface area contributed by atoms with E-state index in [9.17, 15) is 9.90 Å². The van der Waals surface area contributed by atoms with Crippen molar-refractivity contribution in [2.24, 2.45) is 11.7 Å². The van der Waals surface area contributed by atoms with Crippen molar-refractivity contribution >= 4 is 5.91 Å². The van der Waals surface area contributed by atoms with Gasteiger partial charge in [-0.1, -0.05) is 26.0 Å². The van der Waals surface area contributed by atoms with E-state index in [1.54, 1.807) is 12.1 Å². The molecule has 1 unspecified atom stereocenters. The summed E-state index contributed by atoms with van der Waals surface area (Å²) in [6, 6.07) is 7.02. The third kappa shape index (κ3) is 4.91. The molecule has 0 spiro atoms. The van der Waals surface area contributed by atoms with Crippen LogP contribution >= 0.6 is 0 Å². The van der Waals surface area contributed by atoms with Crippen molar-refractivity contribution in [3.05, 3.63) is 29.8 Å². The average molecular weight is 264 g/mol. The molecule has 4 heteroatoms. The smallest absolute Gasteiger partial charge is 0.237 e. The summed E-state index contributed by atoms with van der Waals surface area (Å²) in [5.74, 6) is 0.388. The van der Waals surface area contributed by atoms with Crippen molar-refractivity contribution in [3.8, 4) is 5.75 Å². The van der Waals surface area contributed by atoms with Gasteiger partial charge in [0.25, 0.3) is 0 Å². The maximum Gasteiger partial charge on any atom is 0.237 e. The molecular formula is C15H24N2O2. The molecule has 19 heavy (non-hydrogen) atoms. The number of carbonyl (C=O) groups is 1. The highest BCUT2D eigenvalue weighted by Crippen LogP contribution is 2.17. The van der Waals surface area contributed by atoms with Crippen LogP contribution < -0.4 is 11.1 Å². The predicted molar refractivity (Wildman–Crippen MR) is 76.9 cm³/mol. The van der Waals surface area contributed by atoms with E-state index in [1.807, 2.05) is 19.1 Å². The molecular weight excluding hydrogens is 240 g/mol. The molecule has 0 radical (unpaired) electrons. The van der Waals surface area contributed by atoms with Gasteiger partial charge in [-0.05, 0) is 49.9 Å². The molecule has 0 aliphatic heterocycles. The lowest BCUT2D eigenvalue weighted by atomic mass is 9.92. The van der Waals surface area contributed by atoms with Gasteiger partial charge in [0.05, 0.1) is 5.54 Å². The number of benzene rings is 1. The molecule has 4 nitrogen and oxygen atoms in total. The third-order valence-corrected chi connectivity index (χ3v) is 3.29. The zero-order chi connectivity index (χ0) is 14.5. The molecule has 4 N–H and O–H groups in total. The lowest BCUT2D eigenvalue weighted by Gasteiger charge is -2.28. The summed E-state index contributed by atoms with van der Waals surface area (Å²) < 4.78 is 0. The summed E-state index contributed by atoms with van der Waals surface area (Å²) in [4.78, 5) is 11.6. The Kier molecular flexibility index (Phi) is 5.36. The highest BCUT2D eigenvalue weighted by Gasteiger charge is 2.30. The average Bonchev–Trinajstić information content (AvgIpc) is 2.35. The molecule has 0 saturated heterocycles. The van der Waals surface area contributed by atoms with E-state index in [1.165, 1.54) is 0 Å². The number of rotatable bonds is 7. The Morgan fingerprint density at radius 3 is 2.42 bits per heavy atom. The molecule has 1 amide bonds. The monoisotopic (exact) mass is 264 g/mol. The largest absolute Gasteiger partial charge is 0.508 e. The molecule has 0 bridgehead atoms. The Hall–Kier alpha value is -1.55. The molecule has 0 aromatic heterocycles. The summed E-state index contributed by atoms with van der Waals surface area (Å²) in [6.07, 6.45) is 1.38. The number of phenols is 1. The molecule has 0 saturated carbocycles. The minimum Gasteiger partial charge on any atom is -0.508 e. The van der Waals surface area contributed by atoms with Crippen LogP contribution in [-0.2, 0) is 11.2 Å². The van der Waals surface area contributed by atoms with E-state index in [0.29, 0.717) is 12.3 Å². The van der Waals surface area contributed by atoms with Crippen molar-refractivity contribution < 1.29 is 9.90 Å². The molecule has 1 aromatic rings. The summed E-state index contributed by atoms with van der Waals surface area (Å²) >= 11 is 0. The van der Waals surface area contributed by atoms with Crippen molar-refractivity contribution in [3.63, 3.8) is 0 Å². The fourth-order valence-electron chi connectivity index (χ4n) is 1.79. The summed E-state index contributed by atoms with van der Waals surface area (Å²) in [5.41, 5.74) is 5.89. The zero-order valence-corrected chi connectivity index (χ0v) is 11.9. The number of amides is 1. The number of hydrogen-bond acceptors (Lipinski definition) is 3. The van der Waals surface area contributed by atoms with E-state index in [0.717, 1.165) is 18.5 Å². The van der Waals surface area contributed by atoms with Gasteiger partial charge in [-0.25, -0.2) is 0 Å². The number of nitrogens with two attached hydrogens (primary N) is 1. The Balaban J connectivity index is 2.63. The SMILES string of the molecule is CC(C)CNC(C)(CCc1ccc(O)cc1)C(N)=O. The minimum absolute atomic E-state index is 0.249.